The smallest absolute Gasteiger partial charge is 0.211 e. The van der Waals surface area contributed by atoms with Crippen LogP contribution in [0.1, 0.15) is 31.2 Å². The van der Waals surface area contributed by atoms with Crippen LogP contribution < -0.4 is 5.32 Å². The average Bonchev–Trinajstić information content (AvgIpc) is 2.93. The van der Waals surface area contributed by atoms with E-state index in [9.17, 15) is 4.79 Å². The fraction of sp³-hybridized carbons (Fsp3) is 0.438. The third-order valence-corrected chi connectivity index (χ3v) is 4.44. The summed E-state index contributed by atoms with van der Waals surface area (Å²) in [5, 5.41) is 4.01. The number of aromatic amines is 1. The number of aromatic nitrogens is 1. The fourth-order valence-electron chi connectivity index (χ4n) is 3.26. The van der Waals surface area contributed by atoms with Crippen LogP contribution in [0, 0.1) is 0 Å². The summed E-state index contributed by atoms with van der Waals surface area (Å²) in [6.07, 6.45) is 5.28. The molecule has 4 heteroatoms. The Labute approximate surface area is 119 Å². The zero-order valence-corrected chi connectivity index (χ0v) is 11.9. The lowest BCUT2D eigenvalue weighted by atomic mass is 9.89. The Morgan fingerprint density at radius 3 is 2.90 bits per heavy atom. The second kappa shape index (κ2) is 5.67. The molecule has 2 aromatic rings. The van der Waals surface area contributed by atoms with Crippen molar-refractivity contribution >= 4 is 23.0 Å². The molecule has 0 unspecified atom stereocenters. The molecular formula is C16H21N3O. The van der Waals surface area contributed by atoms with Crippen LogP contribution in [0.4, 0.5) is 5.69 Å². The van der Waals surface area contributed by atoms with E-state index < -0.39 is 0 Å². The molecule has 1 aliphatic rings. The van der Waals surface area contributed by atoms with Crippen molar-refractivity contribution in [2.75, 3.05) is 25.0 Å². The van der Waals surface area contributed by atoms with Gasteiger partial charge in [-0.05, 0) is 50.0 Å². The van der Waals surface area contributed by atoms with Crippen molar-refractivity contribution in [3.63, 3.8) is 0 Å². The van der Waals surface area contributed by atoms with Crippen molar-refractivity contribution in [3.05, 3.63) is 30.0 Å². The maximum absolute atomic E-state index is 10.7. The summed E-state index contributed by atoms with van der Waals surface area (Å²) in [4.78, 5) is 16.5. The quantitative estimate of drug-likeness (QED) is 0.840. The first kappa shape index (κ1) is 13.2. The maximum Gasteiger partial charge on any atom is 0.211 e. The van der Waals surface area contributed by atoms with Gasteiger partial charge in [0.15, 0.2) is 0 Å². The first-order chi connectivity index (χ1) is 9.83. The molecule has 0 radical (unpaired) electrons. The van der Waals surface area contributed by atoms with Crippen LogP contribution in [0.15, 0.2) is 24.4 Å². The molecule has 20 heavy (non-hydrogen) atoms. The molecule has 2 heterocycles. The first-order valence-corrected chi connectivity index (χ1v) is 7.36. The number of fused-ring (bicyclic) bond motifs is 1. The number of nitrogens with one attached hydrogen (secondary N) is 2. The number of hydrogen-bond donors (Lipinski definition) is 2. The van der Waals surface area contributed by atoms with E-state index in [4.69, 9.17) is 0 Å². The predicted octanol–water partition coefficient (Wildman–Crippen LogP) is 2.94. The van der Waals surface area contributed by atoms with Crippen LogP contribution in [-0.4, -0.2) is 35.9 Å². The molecule has 2 N–H and O–H groups in total. The minimum Gasteiger partial charge on any atom is -0.359 e. The molecule has 4 nitrogen and oxygen atoms in total. The maximum atomic E-state index is 10.7. The Bertz CT molecular complexity index is 597. The molecule has 0 atom stereocenters. The van der Waals surface area contributed by atoms with E-state index in [2.05, 4.69) is 34.4 Å². The van der Waals surface area contributed by atoms with Crippen LogP contribution in [-0.2, 0) is 4.79 Å². The molecule has 0 bridgehead atoms. The van der Waals surface area contributed by atoms with Crippen LogP contribution in [0.2, 0.25) is 0 Å². The number of hydrogen-bond acceptors (Lipinski definition) is 2. The normalized spacial score (nSPS) is 17.4. The number of anilines is 1. The lowest BCUT2D eigenvalue weighted by Crippen LogP contribution is -2.32. The van der Waals surface area contributed by atoms with Crippen LogP contribution in [0.3, 0.4) is 0 Å². The molecule has 1 saturated heterocycles. The molecule has 106 valence electrons. The largest absolute Gasteiger partial charge is 0.359 e. The summed E-state index contributed by atoms with van der Waals surface area (Å²) in [6.45, 7) is 5.73. The molecule has 1 amide bonds. The summed E-state index contributed by atoms with van der Waals surface area (Å²) in [5.41, 5.74) is 3.28. The number of amides is 1. The molecule has 1 aliphatic heterocycles. The number of likely N-dealkylation sites (tertiary alicyclic amines) is 1. The third kappa shape index (κ3) is 2.31. The summed E-state index contributed by atoms with van der Waals surface area (Å²) in [6, 6.07) is 6.08. The number of piperidine rings is 1. The van der Waals surface area contributed by atoms with Gasteiger partial charge in [-0.2, -0.15) is 0 Å². The number of rotatable bonds is 4. The Morgan fingerprint density at radius 2 is 2.20 bits per heavy atom. The van der Waals surface area contributed by atoms with Crippen molar-refractivity contribution < 1.29 is 4.79 Å². The highest BCUT2D eigenvalue weighted by Gasteiger charge is 2.22. The zero-order chi connectivity index (χ0) is 13.9. The van der Waals surface area contributed by atoms with Crippen LogP contribution in [0.5, 0.6) is 0 Å². The minimum atomic E-state index is 0.623. The molecule has 1 aromatic heterocycles. The predicted molar refractivity (Wildman–Crippen MR) is 82.1 cm³/mol. The van der Waals surface area contributed by atoms with Crippen molar-refractivity contribution in [2.45, 2.75) is 25.7 Å². The van der Waals surface area contributed by atoms with E-state index in [-0.39, 0.29) is 0 Å². The van der Waals surface area contributed by atoms with Gasteiger partial charge in [0.05, 0.1) is 11.2 Å². The molecule has 1 aromatic carbocycles. The van der Waals surface area contributed by atoms with Gasteiger partial charge in [-0.1, -0.05) is 19.1 Å². The number of H-pyrrole nitrogens is 1. The number of benzene rings is 1. The van der Waals surface area contributed by atoms with Crippen LogP contribution in [0.25, 0.3) is 10.9 Å². The first-order valence-electron chi connectivity index (χ1n) is 7.36. The Morgan fingerprint density at radius 1 is 1.40 bits per heavy atom. The van der Waals surface area contributed by atoms with Gasteiger partial charge in [0.25, 0.3) is 0 Å². The number of para-hydroxylation sites is 1. The summed E-state index contributed by atoms with van der Waals surface area (Å²) >= 11 is 0. The molecule has 0 saturated carbocycles. The van der Waals surface area contributed by atoms with E-state index in [1.807, 2.05) is 12.1 Å². The van der Waals surface area contributed by atoms with E-state index in [0.717, 1.165) is 24.2 Å². The SMILES string of the molecule is CCN1CCC(c2c[nH]c3c(NC=O)cccc23)CC1. The van der Waals surface area contributed by atoms with Crippen molar-refractivity contribution in [2.24, 2.45) is 0 Å². The summed E-state index contributed by atoms with van der Waals surface area (Å²) < 4.78 is 0. The Hall–Kier alpha value is -1.81. The number of carbonyl (C=O) groups is 1. The van der Waals surface area contributed by atoms with Gasteiger partial charge in [-0.15, -0.1) is 0 Å². The Kier molecular flexibility index (Phi) is 3.74. The third-order valence-electron chi connectivity index (χ3n) is 4.44. The number of carbonyl (C=O) groups excluding carboxylic acids is 1. The van der Waals surface area contributed by atoms with Gasteiger partial charge in [0.2, 0.25) is 6.41 Å². The summed E-state index contributed by atoms with van der Waals surface area (Å²) in [7, 11) is 0. The van der Waals surface area contributed by atoms with Gasteiger partial charge >= 0.3 is 0 Å². The molecule has 1 fully saturated rings. The zero-order valence-electron chi connectivity index (χ0n) is 11.9. The van der Waals surface area contributed by atoms with E-state index >= 15 is 0 Å². The molecule has 3 rings (SSSR count). The summed E-state index contributed by atoms with van der Waals surface area (Å²) in [5.74, 6) is 0.623. The van der Waals surface area contributed by atoms with Gasteiger partial charge in [0, 0.05) is 11.6 Å². The van der Waals surface area contributed by atoms with E-state index in [0.29, 0.717) is 5.92 Å². The average molecular weight is 271 g/mol. The fourth-order valence-corrected chi connectivity index (χ4v) is 3.26. The topological polar surface area (TPSA) is 48.1 Å². The standard InChI is InChI=1S/C16H21N3O/c1-2-19-8-6-12(7-9-19)14-10-17-16-13(14)4-3-5-15(16)18-11-20/h3-5,10-12,17H,2,6-9H2,1H3,(H,18,20). The second-order valence-corrected chi connectivity index (χ2v) is 5.44. The van der Waals surface area contributed by atoms with E-state index in [1.165, 1.54) is 36.9 Å². The number of nitrogens with zero attached hydrogens (tertiary/aromatic N) is 1. The minimum absolute atomic E-state index is 0.623. The van der Waals surface area contributed by atoms with Crippen molar-refractivity contribution in [1.29, 1.82) is 0 Å². The highest BCUT2D eigenvalue weighted by atomic mass is 16.1. The van der Waals surface area contributed by atoms with E-state index in [1.54, 1.807) is 0 Å². The lowest BCUT2D eigenvalue weighted by molar-refractivity contribution is -0.105. The lowest BCUT2D eigenvalue weighted by Gasteiger charge is -2.30. The van der Waals surface area contributed by atoms with Crippen LogP contribution >= 0.6 is 0 Å². The highest BCUT2D eigenvalue weighted by molar-refractivity contribution is 5.97. The van der Waals surface area contributed by atoms with Gasteiger partial charge < -0.3 is 15.2 Å². The molecular weight excluding hydrogens is 250 g/mol. The molecule has 0 aliphatic carbocycles. The van der Waals surface area contributed by atoms with Gasteiger partial charge in [-0.3, -0.25) is 4.79 Å². The van der Waals surface area contributed by atoms with Crippen molar-refractivity contribution in [3.8, 4) is 0 Å². The second-order valence-electron chi connectivity index (χ2n) is 5.44. The Balaban J connectivity index is 1.89. The van der Waals surface area contributed by atoms with Gasteiger partial charge in [0.1, 0.15) is 0 Å². The highest BCUT2D eigenvalue weighted by Crippen LogP contribution is 2.35. The van der Waals surface area contributed by atoms with Gasteiger partial charge in [-0.25, -0.2) is 0 Å². The van der Waals surface area contributed by atoms with Crippen molar-refractivity contribution in [1.82, 2.24) is 9.88 Å². The molecule has 0 spiro atoms. The monoisotopic (exact) mass is 271 g/mol.